The molecular formula is C11H16N2O. The van der Waals surface area contributed by atoms with Crippen molar-refractivity contribution < 1.29 is 4.79 Å². The maximum absolute atomic E-state index is 11.3. The Morgan fingerprint density at radius 3 is 2.86 bits per heavy atom. The summed E-state index contributed by atoms with van der Waals surface area (Å²) in [5, 5.41) is 4.69. The summed E-state index contributed by atoms with van der Waals surface area (Å²) in [6.45, 7) is 4.03. The van der Waals surface area contributed by atoms with E-state index >= 15 is 0 Å². The molecule has 3 nitrogen and oxygen atoms in total. The average molecular weight is 192 g/mol. The quantitative estimate of drug-likeness (QED) is 0.698. The van der Waals surface area contributed by atoms with E-state index in [1.807, 2.05) is 19.1 Å². The number of aromatic nitrogens is 1. The van der Waals surface area contributed by atoms with Crippen LogP contribution in [0.2, 0.25) is 0 Å². The Labute approximate surface area is 83.5 Å². The summed E-state index contributed by atoms with van der Waals surface area (Å²) in [6, 6.07) is 1.86. The highest BCUT2D eigenvalue weighted by Crippen LogP contribution is 1.86. The van der Waals surface area contributed by atoms with Gasteiger partial charge in [-0.1, -0.05) is 19.1 Å². The lowest BCUT2D eigenvalue weighted by molar-refractivity contribution is 0.0958. The molecule has 76 valence electrons. The van der Waals surface area contributed by atoms with E-state index in [1.165, 1.54) is 0 Å². The van der Waals surface area contributed by atoms with Crippen LogP contribution < -0.4 is 15.9 Å². The first-order chi connectivity index (χ1) is 6.72. The van der Waals surface area contributed by atoms with E-state index in [2.05, 4.69) is 23.3 Å². The molecule has 0 saturated carbocycles. The fourth-order valence-electron chi connectivity index (χ4n) is 1.36. The third-order valence-corrected chi connectivity index (χ3v) is 2.07. The Kier molecular flexibility index (Phi) is 3.51. The van der Waals surface area contributed by atoms with Crippen molar-refractivity contribution in [1.29, 1.82) is 0 Å². The first-order valence-corrected chi connectivity index (χ1v) is 4.80. The lowest BCUT2D eigenvalue weighted by atomic mass is 10.3. The van der Waals surface area contributed by atoms with Gasteiger partial charge in [-0.2, -0.15) is 0 Å². The molecule has 1 aromatic rings. The van der Waals surface area contributed by atoms with Crippen LogP contribution in [-0.4, -0.2) is 17.9 Å². The predicted octanol–water partition coefficient (Wildman–Crippen LogP) is 0.365. The molecule has 0 unspecified atom stereocenters. The van der Waals surface area contributed by atoms with Gasteiger partial charge in [0.1, 0.15) is 5.69 Å². The molecule has 0 saturated heterocycles. The van der Waals surface area contributed by atoms with Gasteiger partial charge in [0.25, 0.3) is 5.91 Å². The topological polar surface area (TPSA) is 44.9 Å². The monoisotopic (exact) mass is 192 g/mol. The molecule has 0 aliphatic carbocycles. The first kappa shape index (κ1) is 10.6. The van der Waals surface area contributed by atoms with Crippen molar-refractivity contribution >= 4 is 18.1 Å². The number of aromatic amines is 1. The second-order valence-electron chi connectivity index (χ2n) is 3.03. The van der Waals surface area contributed by atoms with Crippen LogP contribution in [0, 0.1) is 0 Å². The molecule has 0 fully saturated rings. The van der Waals surface area contributed by atoms with Crippen molar-refractivity contribution in [3.05, 3.63) is 22.3 Å². The zero-order valence-electron chi connectivity index (χ0n) is 8.85. The number of carbonyl (C=O) groups is 1. The van der Waals surface area contributed by atoms with Crippen molar-refractivity contribution in [3.8, 4) is 0 Å². The second-order valence-corrected chi connectivity index (χ2v) is 3.03. The standard InChI is InChI=1S/C11H16N2O/c1-4-6-9-8(5-2)7-10(13-9)11(14)12-3/h5-7,13H,4H2,1-3H3,(H,12,14)/b8-5-,9-6+. The number of H-pyrrole nitrogens is 1. The molecule has 14 heavy (non-hydrogen) atoms. The largest absolute Gasteiger partial charge is 0.354 e. The summed E-state index contributed by atoms with van der Waals surface area (Å²) >= 11 is 0. The van der Waals surface area contributed by atoms with Crippen molar-refractivity contribution in [2.75, 3.05) is 7.05 Å². The van der Waals surface area contributed by atoms with E-state index in [0.29, 0.717) is 5.69 Å². The van der Waals surface area contributed by atoms with Gasteiger partial charge in [0.2, 0.25) is 0 Å². The number of rotatable bonds is 2. The maximum Gasteiger partial charge on any atom is 0.267 e. The Morgan fingerprint density at radius 1 is 1.64 bits per heavy atom. The molecular weight excluding hydrogens is 176 g/mol. The van der Waals surface area contributed by atoms with E-state index in [9.17, 15) is 4.79 Å². The summed E-state index contributed by atoms with van der Waals surface area (Å²) in [5.41, 5.74) is 0.611. The molecule has 1 aromatic heterocycles. The van der Waals surface area contributed by atoms with Crippen LogP contribution >= 0.6 is 0 Å². The van der Waals surface area contributed by atoms with E-state index in [1.54, 1.807) is 7.05 Å². The van der Waals surface area contributed by atoms with Crippen LogP contribution in [0.1, 0.15) is 30.8 Å². The summed E-state index contributed by atoms with van der Waals surface area (Å²) in [4.78, 5) is 14.4. The second kappa shape index (κ2) is 4.65. The van der Waals surface area contributed by atoms with E-state index in [0.717, 1.165) is 17.0 Å². The highest BCUT2D eigenvalue weighted by atomic mass is 16.1. The summed E-state index contributed by atoms with van der Waals surface area (Å²) < 4.78 is 0. The van der Waals surface area contributed by atoms with Gasteiger partial charge in [0.05, 0.1) is 0 Å². The van der Waals surface area contributed by atoms with Crippen molar-refractivity contribution in [3.63, 3.8) is 0 Å². The van der Waals surface area contributed by atoms with Crippen LogP contribution in [0.3, 0.4) is 0 Å². The number of hydrogen-bond acceptors (Lipinski definition) is 1. The van der Waals surface area contributed by atoms with E-state index < -0.39 is 0 Å². The highest BCUT2D eigenvalue weighted by molar-refractivity contribution is 5.92. The van der Waals surface area contributed by atoms with Gasteiger partial charge in [0, 0.05) is 12.4 Å². The zero-order chi connectivity index (χ0) is 10.6. The smallest absolute Gasteiger partial charge is 0.267 e. The number of nitrogens with one attached hydrogen (secondary N) is 2. The first-order valence-electron chi connectivity index (χ1n) is 4.80. The minimum absolute atomic E-state index is 0.0798. The van der Waals surface area contributed by atoms with E-state index in [-0.39, 0.29) is 5.91 Å². The molecule has 0 aromatic carbocycles. The molecule has 2 N–H and O–H groups in total. The Balaban J connectivity index is 3.28. The zero-order valence-corrected chi connectivity index (χ0v) is 8.85. The molecule has 0 aliphatic heterocycles. The molecule has 0 spiro atoms. The van der Waals surface area contributed by atoms with Gasteiger partial charge in [-0.25, -0.2) is 0 Å². The van der Waals surface area contributed by atoms with Crippen LogP contribution in [0.25, 0.3) is 12.2 Å². The number of amides is 1. The van der Waals surface area contributed by atoms with Gasteiger partial charge >= 0.3 is 0 Å². The van der Waals surface area contributed by atoms with Crippen LogP contribution in [0.5, 0.6) is 0 Å². The molecule has 0 radical (unpaired) electrons. The molecule has 1 heterocycles. The Bertz CT molecular complexity index is 429. The van der Waals surface area contributed by atoms with Gasteiger partial charge < -0.3 is 10.3 Å². The summed E-state index contributed by atoms with van der Waals surface area (Å²) in [6.07, 6.45) is 5.01. The summed E-state index contributed by atoms with van der Waals surface area (Å²) in [5.74, 6) is -0.0798. The molecule has 3 heteroatoms. The molecule has 0 bridgehead atoms. The molecule has 0 atom stereocenters. The maximum atomic E-state index is 11.3. The predicted molar refractivity (Wildman–Crippen MR) is 58.3 cm³/mol. The number of carbonyl (C=O) groups excluding carboxylic acids is 1. The van der Waals surface area contributed by atoms with Crippen molar-refractivity contribution in [2.45, 2.75) is 20.3 Å². The normalized spacial score (nSPS) is 13.4. The van der Waals surface area contributed by atoms with Gasteiger partial charge in [0.15, 0.2) is 0 Å². The molecule has 0 aliphatic rings. The SMILES string of the molecule is C/C=c1/cc(C(=O)NC)[nH]/c1=C/CC. The van der Waals surface area contributed by atoms with Crippen molar-refractivity contribution in [1.82, 2.24) is 10.3 Å². The van der Waals surface area contributed by atoms with Crippen LogP contribution in [0.15, 0.2) is 6.07 Å². The van der Waals surface area contributed by atoms with Crippen molar-refractivity contribution in [2.24, 2.45) is 0 Å². The van der Waals surface area contributed by atoms with Gasteiger partial charge in [-0.15, -0.1) is 0 Å². The lowest BCUT2D eigenvalue weighted by Crippen LogP contribution is -2.22. The fourth-order valence-corrected chi connectivity index (χ4v) is 1.36. The molecule has 1 rings (SSSR count). The fraction of sp³-hybridized carbons (Fsp3) is 0.364. The minimum atomic E-state index is -0.0798. The van der Waals surface area contributed by atoms with Gasteiger partial charge in [-0.3, -0.25) is 4.79 Å². The van der Waals surface area contributed by atoms with Crippen LogP contribution in [0.4, 0.5) is 0 Å². The lowest BCUT2D eigenvalue weighted by Gasteiger charge is -1.92. The Morgan fingerprint density at radius 2 is 2.36 bits per heavy atom. The summed E-state index contributed by atoms with van der Waals surface area (Å²) in [7, 11) is 1.63. The number of hydrogen-bond donors (Lipinski definition) is 2. The third kappa shape index (κ3) is 2.05. The average Bonchev–Trinajstić information content (AvgIpc) is 2.60. The van der Waals surface area contributed by atoms with Crippen LogP contribution in [-0.2, 0) is 0 Å². The van der Waals surface area contributed by atoms with E-state index in [4.69, 9.17) is 0 Å². The third-order valence-electron chi connectivity index (χ3n) is 2.07. The molecule has 1 amide bonds. The highest BCUT2D eigenvalue weighted by Gasteiger charge is 2.03. The Hall–Kier alpha value is -1.51. The van der Waals surface area contributed by atoms with Gasteiger partial charge in [-0.05, 0) is 24.6 Å². The minimum Gasteiger partial charge on any atom is -0.354 e.